The number of carboxylic acid groups (broad SMARTS) is 1. The van der Waals surface area contributed by atoms with Gasteiger partial charge in [-0.25, -0.2) is 0 Å². The van der Waals surface area contributed by atoms with E-state index in [1.807, 2.05) is 32.0 Å². The van der Waals surface area contributed by atoms with E-state index in [0.29, 0.717) is 5.76 Å². The second kappa shape index (κ2) is 7.60. The summed E-state index contributed by atoms with van der Waals surface area (Å²) in [6.45, 7) is 4.04. The summed E-state index contributed by atoms with van der Waals surface area (Å²) >= 11 is 0. The van der Waals surface area contributed by atoms with Crippen LogP contribution in [0.25, 0.3) is 0 Å². The molecule has 6 heteroatoms. The van der Waals surface area contributed by atoms with Gasteiger partial charge < -0.3 is 14.8 Å². The first kappa shape index (κ1) is 16.8. The van der Waals surface area contributed by atoms with Crippen LogP contribution in [-0.2, 0) is 16.1 Å². The summed E-state index contributed by atoms with van der Waals surface area (Å²) in [5.41, 5.74) is 2.61. The fourth-order valence-electron chi connectivity index (χ4n) is 2.27. The predicted molar refractivity (Wildman–Crippen MR) is 86.1 cm³/mol. The molecule has 0 fully saturated rings. The molecular formula is C17H20N2O4. The average Bonchev–Trinajstić information content (AvgIpc) is 3.00. The van der Waals surface area contributed by atoms with Gasteiger partial charge in [-0.15, -0.1) is 0 Å². The van der Waals surface area contributed by atoms with Crippen LogP contribution in [0.4, 0.5) is 5.69 Å². The van der Waals surface area contributed by atoms with E-state index >= 15 is 0 Å². The molecule has 2 aromatic rings. The molecule has 0 saturated carbocycles. The number of furan rings is 1. The van der Waals surface area contributed by atoms with Gasteiger partial charge in [0.1, 0.15) is 11.8 Å². The second-order valence-electron chi connectivity index (χ2n) is 5.37. The van der Waals surface area contributed by atoms with Gasteiger partial charge in [0.25, 0.3) is 0 Å². The highest BCUT2D eigenvalue weighted by atomic mass is 16.4. The van der Waals surface area contributed by atoms with Crippen molar-refractivity contribution in [2.24, 2.45) is 0 Å². The van der Waals surface area contributed by atoms with Gasteiger partial charge in [-0.1, -0.05) is 18.2 Å². The third-order valence-corrected chi connectivity index (χ3v) is 3.54. The summed E-state index contributed by atoms with van der Waals surface area (Å²) < 4.78 is 5.14. The van der Waals surface area contributed by atoms with Crippen molar-refractivity contribution in [3.63, 3.8) is 0 Å². The third kappa shape index (κ3) is 4.69. The lowest BCUT2D eigenvalue weighted by Crippen LogP contribution is -2.39. The lowest BCUT2D eigenvalue weighted by atomic mass is 10.1. The molecule has 3 N–H and O–H groups in total. The van der Waals surface area contributed by atoms with Gasteiger partial charge in [0.2, 0.25) is 5.91 Å². The Balaban J connectivity index is 1.96. The topological polar surface area (TPSA) is 91.6 Å². The van der Waals surface area contributed by atoms with Gasteiger partial charge >= 0.3 is 5.97 Å². The Kier molecular flexibility index (Phi) is 5.54. The number of benzene rings is 1. The van der Waals surface area contributed by atoms with E-state index in [-0.39, 0.29) is 18.9 Å². The molecule has 1 aromatic carbocycles. The number of anilines is 1. The van der Waals surface area contributed by atoms with Gasteiger partial charge in [0, 0.05) is 5.69 Å². The number of hydrogen-bond donors (Lipinski definition) is 3. The van der Waals surface area contributed by atoms with Crippen LogP contribution in [0.2, 0.25) is 0 Å². The maximum Gasteiger partial charge on any atom is 0.321 e. The monoisotopic (exact) mass is 316 g/mol. The van der Waals surface area contributed by atoms with E-state index in [4.69, 9.17) is 4.42 Å². The molecule has 23 heavy (non-hydrogen) atoms. The quantitative estimate of drug-likeness (QED) is 0.730. The van der Waals surface area contributed by atoms with Crippen LogP contribution in [-0.4, -0.2) is 23.0 Å². The van der Waals surface area contributed by atoms with Crippen molar-refractivity contribution in [2.75, 3.05) is 5.32 Å². The molecule has 1 atom stereocenters. The van der Waals surface area contributed by atoms with Crippen molar-refractivity contribution >= 4 is 17.6 Å². The molecule has 122 valence electrons. The van der Waals surface area contributed by atoms with Crippen molar-refractivity contribution in [3.8, 4) is 0 Å². The van der Waals surface area contributed by atoms with Gasteiger partial charge in [-0.2, -0.15) is 0 Å². The molecular weight excluding hydrogens is 296 g/mol. The predicted octanol–water partition coefficient (Wildman–Crippen LogP) is 2.47. The highest BCUT2D eigenvalue weighted by molar-refractivity contribution is 5.95. The summed E-state index contributed by atoms with van der Waals surface area (Å²) in [5, 5.41) is 14.9. The van der Waals surface area contributed by atoms with E-state index in [1.54, 1.807) is 12.1 Å². The minimum Gasteiger partial charge on any atom is -0.480 e. The molecule has 1 amide bonds. The molecule has 0 aliphatic rings. The van der Waals surface area contributed by atoms with Gasteiger partial charge in [-0.3, -0.25) is 14.9 Å². The number of carboxylic acids is 1. The Labute approximate surface area is 134 Å². The molecule has 0 unspecified atom stereocenters. The summed E-state index contributed by atoms with van der Waals surface area (Å²) in [6, 6.07) is 8.18. The zero-order valence-electron chi connectivity index (χ0n) is 13.1. The molecule has 0 radical (unpaired) electrons. The highest BCUT2D eigenvalue weighted by Crippen LogP contribution is 2.19. The molecule has 1 heterocycles. The van der Waals surface area contributed by atoms with Gasteiger partial charge in [0.05, 0.1) is 19.2 Å². The molecule has 0 saturated heterocycles. The Morgan fingerprint density at radius 3 is 2.43 bits per heavy atom. The Morgan fingerprint density at radius 1 is 1.17 bits per heavy atom. The van der Waals surface area contributed by atoms with Crippen LogP contribution in [0.5, 0.6) is 0 Å². The third-order valence-electron chi connectivity index (χ3n) is 3.54. The Bertz CT molecular complexity index is 660. The largest absolute Gasteiger partial charge is 0.480 e. The molecule has 0 bridgehead atoms. The minimum atomic E-state index is -1.08. The number of hydrogen-bond acceptors (Lipinski definition) is 4. The van der Waals surface area contributed by atoms with E-state index < -0.39 is 12.0 Å². The second-order valence-corrected chi connectivity index (χ2v) is 5.37. The molecule has 6 nitrogen and oxygen atoms in total. The lowest BCUT2D eigenvalue weighted by molar-refractivity contribution is -0.141. The standard InChI is InChI=1S/C17H20N2O4/c1-11-5-3-6-12(2)16(11)19-15(20)9-14(17(21)22)18-10-13-7-4-8-23-13/h3-8,14,18H,9-10H2,1-2H3,(H,19,20)(H,21,22)/t14-/m0/s1. The van der Waals surface area contributed by atoms with Crippen LogP contribution in [0.3, 0.4) is 0 Å². The average molecular weight is 316 g/mol. The maximum atomic E-state index is 12.2. The fourth-order valence-corrected chi connectivity index (χ4v) is 2.27. The summed E-state index contributed by atoms with van der Waals surface area (Å²) in [7, 11) is 0. The van der Waals surface area contributed by atoms with Crippen LogP contribution in [0.15, 0.2) is 41.0 Å². The number of carbonyl (C=O) groups is 2. The number of amides is 1. The summed E-state index contributed by atoms with van der Waals surface area (Å²) in [6.07, 6.45) is 1.35. The van der Waals surface area contributed by atoms with Crippen LogP contribution in [0.1, 0.15) is 23.3 Å². The normalized spacial score (nSPS) is 11.9. The minimum absolute atomic E-state index is 0.163. The van der Waals surface area contributed by atoms with E-state index in [1.165, 1.54) is 6.26 Å². The highest BCUT2D eigenvalue weighted by Gasteiger charge is 2.21. The van der Waals surface area contributed by atoms with Crippen LogP contribution >= 0.6 is 0 Å². The summed E-state index contributed by atoms with van der Waals surface area (Å²) in [4.78, 5) is 23.5. The molecule has 1 aromatic heterocycles. The summed E-state index contributed by atoms with van der Waals surface area (Å²) in [5.74, 6) is -0.804. The SMILES string of the molecule is Cc1cccc(C)c1NC(=O)C[C@H](NCc1ccco1)C(=O)O. The van der Waals surface area contributed by atoms with Crippen molar-refractivity contribution < 1.29 is 19.1 Å². The van der Waals surface area contributed by atoms with E-state index in [2.05, 4.69) is 10.6 Å². The van der Waals surface area contributed by atoms with Crippen molar-refractivity contribution in [1.82, 2.24) is 5.32 Å². The lowest BCUT2D eigenvalue weighted by Gasteiger charge is -2.15. The first-order chi connectivity index (χ1) is 11.0. The van der Waals surface area contributed by atoms with Crippen LogP contribution in [0, 0.1) is 13.8 Å². The fraction of sp³-hybridized carbons (Fsp3) is 0.294. The number of rotatable bonds is 7. The smallest absolute Gasteiger partial charge is 0.321 e. The van der Waals surface area contributed by atoms with E-state index in [0.717, 1.165) is 16.8 Å². The number of nitrogens with one attached hydrogen (secondary N) is 2. The Hall–Kier alpha value is -2.60. The zero-order chi connectivity index (χ0) is 16.8. The van der Waals surface area contributed by atoms with Gasteiger partial charge in [-0.05, 0) is 37.1 Å². The van der Waals surface area contributed by atoms with Crippen molar-refractivity contribution in [3.05, 3.63) is 53.5 Å². The van der Waals surface area contributed by atoms with Crippen molar-refractivity contribution in [2.45, 2.75) is 32.9 Å². The molecule has 0 aliphatic carbocycles. The number of aryl methyl sites for hydroxylation is 2. The van der Waals surface area contributed by atoms with Crippen molar-refractivity contribution in [1.29, 1.82) is 0 Å². The first-order valence-electron chi connectivity index (χ1n) is 7.32. The Morgan fingerprint density at radius 2 is 1.87 bits per heavy atom. The number of para-hydroxylation sites is 1. The van der Waals surface area contributed by atoms with Crippen LogP contribution < -0.4 is 10.6 Å². The van der Waals surface area contributed by atoms with E-state index in [9.17, 15) is 14.7 Å². The molecule has 2 rings (SSSR count). The van der Waals surface area contributed by atoms with Gasteiger partial charge in [0.15, 0.2) is 0 Å². The first-order valence-corrected chi connectivity index (χ1v) is 7.32. The zero-order valence-corrected chi connectivity index (χ0v) is 13.1. The molecule has 0 spiro atoms. The maximum absolute atomic E-state index is 12.2. The molecule has 0 aliphatic heterocycles. The number of carbonyl (C=O) groups excluding carboxylic acids is 1. The number of aliphatic carboxylic acids is 1.